The molecule has 0 atom stereocenters. The van der Waals surface area contributed by atoms with E-state index in [4.69, 9.17) is 4.74 Å². The maximum Gasteiger partial charge on any atom is 0.209 e. The minimum absolute atomic E-state index is 0.222. The Morgan fingerprint density at radius 1 is 1.43 bits per heavy atom. The molecule has 0 aromatic heterocycles. The molecule has 0 bridgehead atoms. The number of hydrogen-bond acceptors (Lipinski definition) is 2. The van der Waals surface area contributed by atoms with E-state index in [9.17, 15) is 0 Å². The van der Waals surface area contributed by atoms with E-state index >= 15 is 0 Å². The van der Waals surface area contributed by atoms with E-state index in [1.807, 2.05) is 13.8 Å². The Morgan fingerprint density at radius 3 is 2.14 bits per heavy atom. The van der Waals surface area contributed by atoms with Gasteiger partial charge in [0.05, 0.1) is 6.10 Å². The third kappa shape index (κ3) is 5.92. The molecule has 0 saturated carbocycles. The monoisotopic (exact) mass is 103 g/mol. The Balaban J connectivity index is 2.68. The summed E-state index contributed by atoms with van der Waals surface area (Å²) in [7, 11) is 1.56. The van der Waals surface area contributed by atoms with E-state index in [2.05, 4.69) is 4.74 Å². The lowest BCUT2D eigenvalue weighted by Crippen LogP contribution is -1.99. The highest BCUT2D eigenvalue weighted by Crippen LogP contribution is 1.89. The van der Waals surface area contributed by atoms with Gasteiger partial charge in [0.15, 0.2) is 0 Å². The van der Waals surface area contributed by atoms with Crippen molar-refractivity contribution < 1.29 is 9.47 Å². The van der Waals surface area contributed by atoms with E-state index in [0.717, 1.165) is 0 Å². The summed E-state index contributed by atoms with van der Waals surface area (Å²) >= 11 is 0. The van der Waals surface area contributed by atoms with Crippen LogP contribution in [0.3, 0.4) is 0 Å². The van der Waals surface area contributed by atoms with Crippen LogP contribution in [0.1, 0.15) is 13.8 Å². The average molecular weight is 103 g/mol. The molecule has 0 fully saturated rings. The van der Waals surface area contributed by atoms with Gasteiger partial charge in [0.25, 0.3) is 0 Å². The summed E-state index contributed by atoms with van der Waals surface area (Å²) in [5.41, 5.74) is 0. The van der Waals surface area contributed by atoms with E-state index in [1.54, 1.807) is 7.11 Å². The fourth-order valence-electron chi connectivity index (χ4n) is 0.167. The highest BCUT2D eigenvalue weighted by Gasteiger charge is 1.88. The van der Waals surface area contributed by atoms with E-state index in [-0.39, 0.29) is 6.10 Å². The van der Waals surface area contributed by atoms with Crippen LogP contribution < -0.4 is 0 Å². The number of hydrogen-bond donors (Lipinski definition) is 0. The minimum Gasteiger partial charge on any atom is -0.351 e. The second-order valence-corrected chi connectivity index (χ2v) is 1.52. The van der Waals surface area contributed by atoms with Crippen LogP contribution in [0, 0.1) is 6.79 Å². The summed E-state index contributed by atoms with van der Waals surface area (Å²) in [6, 6.07) is 0. The fourth-order valence-corrected chi connectivity index (χ4v) is 0.167. The van der Waals surface area contributed by atoms with Crippen molar-refractivity contribution in [2.24, 2.45) is 0 Å². The maximum absolute atomic E-state index is 4.84. The molecule has 0 aromatic carbocycles. The van der Waals surface area contributed by atoms with Crippen molar-refractivity contribution in [3.05, 3.63) is 6.79 Å². The van der Waals surface area contributed by atoms with E-state index in [0.29, 0.717) is 0 Å². The molecule has 0 saturated heterocycles. The van der Waals surface area contributed by atoms with Gasteiger partial charge in [-0.25, -0.2) is 0 Å². The van der Waals surface area contributed by atoms with Crippen molar-refractivity contribution in [3.8, 4) is 0 Å². The summed E-state index contributed by atoms with van der Waals surface area (Å²) in [5, 5.41) is 0. The molecule has 0 rings (SSSR count). The Labute approximate surface area is 44.4 Å². The van der Waals surface area contributed by atoms with E-state index in [1.165, 1.54) is 6.79 Å². The lowest BCUT2D eigenvalue weighted by Gasteiger charge is -2.01. The van der Waals surface area contributed by atoms with Gasteiger partial charge in [-0.15, -0.1) is 0 Å². The molecule has 0 aliphatic carbocycles. The first-order valence-corrected chi connectivity index (χ1v) is 2.27. The zero-order valence-electron chi connectivity index (χ0n) is 4.97. The van der Waals surface area contributed by atoms with Crippen LogP contribution in [0.25, 0.3) is 0 Å². The molecule has 2 heteroatoms. The van der Waals surface area contributed by atoms with Crippen LogP contribution >= 0.6 is 0 Å². The zero-order chi connectivity index (χ0) is 5.70. The molecule has 0 aliphatic heterocycles. The molecule has 0 amide bonds. The Hall–Kier alpha value is -0.0800. The molecule has 0 spiro atoms. The molecule has 7 heavy (non-hydrogen) atoms. The SMILES string of the molecule is CO[CH]OC(C)C. The first kappa shape index (κ1) is 6.92. The predicted octanol–water partition coefficient (Wildman–Crippen LogP) is 1.18. The molecule has 1 radical (unpaired) electrons. The molecule has 0 heterocycles. The van der Waals surface area contributed by atoms with Crippen LogP contribution in [0.15, 0.2) is 0 Å². The fraction of sp³-hybridized carbons (Fsp3) is 0.800. The van der Waals surface area contributed by atoms with Crippen molar-refractivity contribution in [2.45, 2.75) is 20.0 Å². The molecular weight excluding hydrogens is 92.1 g/mol. The lowest BCUT2D eigenvalue weighted by molar-refractivity contribution is 0.0135. The van der Waals surface area contributed by atoms with Crippen LogP contribution in [-0.2, 0) is 9.47 Å². The average Bonchev–Trinajstić information content (AvgIpc) is 1.61. The number of ether oxygens (including phenoxy) is 2. The topological polar surface area (TPSA) is 18.5 Å². The molecule has 2 nitrogen and oxygen atoms in total. The third-order valence-corrected chi connectivity index (χ3v) is 0.424. The Kier molecular flexibility index (Phi) is 4.04. The van der Waals surface area contributed by atoms with Crippen LogP contribution in [0.4, 0.5) is 0 Å². The first-order chi connectivity index (χ1) is 3.27. The lowest BCUT2D eigenvalue weighted by atomic mass is 10.5. The zero-order valence-corrected chi connectivity index (χ0v) is 4.97. The number of rotatable bonds is 3. The minimum atomic E-state index is 0.222. The van der Waals surface area contributed by atoms with Gasteiger partial charge in [0, 0.05) is 7.11 Å². The van der Waals surface area contributed by atoms with E-state index < -0.39 is 0 Å². The van der Waals surface area contributed by atoms with Gasteiger partial charge in [-0.1, -0.05) is 0 Å². The van der Waals surface area contributed by atoms with Gasteiger partial charge in [-0.3, -0.25) is 0 Å². The van der Waals surface area contributed by atoms with Crippen molar-refractivity contribution >= 4 is 0 Å². The quantitative estimate of drug-likeness (QED) is 0.534. The molecular formula is C5H11O2. The van der Waals surface area contributed by atoms with Crippen LogP contribution in [0.2, 0.25) is 0 Å². The van der Waals surface area contributed by atoms with Gasteiger partial charge in [-0.2, -0.15) is 0 Å². The van der Waals surface area contributed by atoms with Gasteiger partial charge in [0.2, 0.25) is 6.79 Å². The highest BCUT2D eigenvalue weighted by molar-refractivity contribution is 4.35. The predicted molar refractivity (Wildman–Crippen MR) is 27.5 cm³/mol. The maximum atomic E-state index is 4.84. The summed E-state index contributed by atoms with van der Waals surface area (Å²) < 4.78 is 9.35. The summed E-state index contributed by atoms with van der Waals surface area (Å²) in [4.78, 5) is 0. The molecule has 43 valence electrons. The Morgan fingerprint density at radius 2 is 2.00 bits per heavy atom. The molecule has 0 aliphatic rings. The summed E-state index contributed by atoms with van der Waals surface area (Å²) in [5.74, 6) is 0. The highest BCUT2D eigenvalue weighted by atomic mass is 16.7. The standard InChI is InChI=1S/C5H11O2/c1-5(2)7-4-6-3/h4-5H,1-3H3. The van der Waals surface area contributed by atoms with Crippen LogP contribution in [-0.4, -0.2) is 13.2 Å². The largest absolute Gasteiger partial charge is 0.351 e. The van der Waals surface area contributed by atoms with Gasteiger partial charge in [-0.05, 0) is 13.8 Å². The first-order valence-electron chi connectivity index (χ1n) is 2.27. The second kappa shape index (κ2) is 4.09. The second-order valence-electron chi connectivity index (χ2n) is 1.52. The third-order valence-electron chi connectivity index (χ3n) is 0.424. The van der Waals surface area contributed by atoms with Crippen molar-refractivity contribution in [2.75, 3.05) is 7.11 Å². The van der Waals surface area contributed by atoms with Crippen molar-refractivity contribution in [3.63, 3.8) is 0 Å². The summed E-state index contributed by atoms with van der Waals surface area (Å²) in [6.07, 6.45) is 0.222. The van der Waals surface area contributed by atoms with Gasteiger partial charge < -0.3 is 9.47 Å². The van der Waals surface area contributed by atoms with Crippen LogP contribution in [0.5, 0.6) is 0 Å². The normalized spacial score (nSPS) is 10.3. The van der Waals surface area contributed by atoms with Crippen molar-refractivity contribution in [1.29, 1.82) is 0 Å². The van der Waals surface area contributed by atoms with Gasteiger partial charge in [0.1, 0.15) is 0 Å². The van der Waals surface area contributed by atoms with Crippen molar-refractivity contribution in [1.82, 2.24) is 0 Å². The number of methoxy groups -OCH3 is 1. The molecule has 0 aromatic rings. The molecule has 0 unspecified atom stereocenters. The Bertz CT molecular complexity index is 35.1. The molecule has 0 N–H and O–H groups in total. The summed E-state index contributed by atoms with van der Waals surface area (Å²) in [6.45, 7) is 5.20. The smallest absolute Gasteiger partial charge is 0.209 e. The van der Waals surface area contributed by atoms with Gasteiger partial charge >= 0.3 is 0 Å².